The van der Waals surface area contributed by atoms with Crippen LogP contribution in [0.2, 0.25) is 0 Å². The van der Waals surface area contributed by atoms with E-state index in [0.29, 0.717) is 27.9 Å². The Bertz CT molecular complexity index is 1440. The second-order valence-electron chi connectivity index (χ2n) is 6.98. The van der Waals surface area contributed by atoms with E-state index in [2.05, 4.69) is 19.7 Å². The molecule has 4 N–H and O–H groups in total. The summed E-state index contributed by atoms with van der Waals surface area (Å²) in [4.78, 5) is 10.6. The second kappa shape index (κ2) is 8.17. The SMILES string of the molecule is COc1cc(F)c(S(=O)(=O)Nc2cccc(-c3c[nH]c4ncnc(CN)c34)c2F)cc1C. The van der Waals surface area contributed by atoms with E-state index in [1.165, 1.54) is 31.6 Å². The molecular weight excluding hydrogens is 440 g/mol. The Balaban J connectivity index is 1.79. The number of rotatable bonds is 6. The number of halogens is 2. The molecule has 8 nitrogen and oxygen atoms in total. The third kappa shape index (κ3) is 3.65. The Kier molecular flexibility index (Phi) is 5.53. The highest BCUT2D eigenvalue weighted by Crippen LogP contribution is 2.35. The monoisotopic (exact) mass is 459 g/mol. The molecule has 0 aliphatic heterocycles. The van der Waals surface area contributed by atoms with E-state index in [4.69, 9.17) is 10.5 Å². The fraction of sp³-hybridized carbons (Fsp3) is 0.143. The Labute approximate surface area is 182 Å². The summed E-state index contributed by atoms with van der Waals surface area (Å²) in [6.45, 7) is 1.68. The molecule has 4 aromatic rings. The molecule has 0 saturated carbocycles. The fourth-order valence-corrected chi connectivity index (χ4v) is 4.68. The number of methoxy groups -OCH3 is 1. The van der Waals surface area contributed by atoms with Crippen molar-refractivity contribution in [3.8, 4) is 16.9 Å². The molecular formula is C21H19F2N5O3S. The zero-order chi connectivity index (χ0) is 23.0. The van der Waals surface area contributed by atoms with Gasteiger partial charge in [0.1, 0.15) is 28.4 Å². The molecule has 166 valence electrons. The first-order valence-corrected chi connectivity index (χ1v) is 10.9. The summed E-state index contributed by atoms with van der Waals surface area (Å²) < 4.78 is 62.7. The van der Waals surface area contributed by atoms with Gasteiger partial charge in [0.2, 0.25) is 0 Å². The third-order valence-corrected chi connectivity index (χ3v) is 6.39. The number of fused-ring (bicyclic) bond motifs is 1. The lowest BCUT2D eigenvalue weighted by Crippen LogP contribution is -2.16. The lowest BCUT2D eigenvalue weighted by molar-refractivity contribution is 0.406. The van der Waals surface area contributed by atoms with Crippen molar-refractivity contribution in [2.45, 2.75) is 18.4 Å². The number of aryl methyl sites for hydroxylation is 1. The number of aromatic nitrogens is 3. The number of nitrogens with one attached hydrogen (secondary N) is 2. The van der Waals surface area contributed by atoms with Crippen LogP contribution >= 0.6 is 0 Å². The van der Waals surface area contributed by atoms with E-state index in [1.54, 1.807) is 13.1 Å². The zero-order valence-corrected chi connectivity index (χ0v) is 17.9. The van der Waals surface area contributed by atoms with Crippen LogP contribution in [-0.2, 0) is 16.6 Å². The number of sulfonamides is 1. The molecule has 0 aliphatic carbocycles. The lowest BCUT2D eigenvalue weighted by atomic mass is 10.0. The number of benzene rings is 2. The molecule has 0 saturated heterocycles. The van der Waals surface area contributed by atoms with Crippen LogP contribution in [0.1, 0.15) is 11.3 Å². The molecule has 0 unspecified atom stereocenters. The van der Waals surface area contributed by atoms with E-state index in [-0.39, 0.29) is 23.5 Å². The first-order chi connectivity index (χ1) is 15.3. The average Bonchev–Trinajstić information content (AvgIpc) is 3.20. The fourth-order valence-electron chi connectivity index (χ4n) is 3.48. The van der Waals surface area contributed by atoms with Crippen LogP contribution in [-0.4, -0.2) is 30.5 Å². The summed E-state index contributed by atoms with van der Waals surface area (Å²) in [6.07, 6.45) is 2.89. The Hall–Kier alpha value is -3.57. The predicted octanol–water partition coefficient (Wildman–Crippen LogP) is 3.48. The van der Waals surface area contributed by atoms with Crippen molar-refractivity contribution < 1.29 is 21.9 Å². The Morgan fingerprint density at radius 3 is 2.69 bits per heavy atom. The van der Waals surface area contributed by atoms with Crippen LogP contribution in [0.3, 0.4) is 0 Å². The molecule has 2 heterocycles. The maximum atomic E-state index is 15.4. The van der Waals surface area contributed by atoms with Gasteiger partial charge in [-0.15, -0.1) is 0 Å². The molecule has 2 aromatic carbocycles. The van der Waals surface area contributed by atoms with Crippen LogP contribution in [0.25, 0.3) is 22.2 Å². The summed E-state index contributed by atoms with van der Waals surface area (Å²) in [7, 11) is -3.08. The van der Waals surface area contributed by atoms with Crippen molar-refractivity contribution in [3.05, 3.63) is 65.7 Å². The second-order valence-corrected chi connectivity index (χ2v) is 8.63. The van der Waals surface area contributed by atoms with Crippen molar-refractivity contribution in [2.75, 3.05) is 11.8 Å². The molecule has 0 radical (unpaired) electrons. The number of nitrogens with zero attached hydrogens (tertiary/aromatic N) is 2. The molecule has 2 aromatic heterocycles. The number of hydrogen-bond donors (Lipinski definition) is 3. The highest BCUT2D eigenvalue weighted by Gasteiger charge is 2.24. The summed E-state index contributed by atoms with van der Waals surface area (Å²) in [5, 5.41) is 0.533. The van der Waals surface area contributed by atoms with Crippen LogP contribution in [0.15, 0.2) is 47.8 Å². The summed E-state index contributed by atoms with van der Waals surface area (Å²) in [5.41, 5.74) is 7.33. The molecule has 0 spiro atoms. The summed E-state index contributed by atoms with van der Waals surface area (Å²) in [5.74, 6) is -1.65. The third-order valence-electron chi connectivity index (χ3n) is 5.01. The zero-order valence-electron chi connectivity index (χ0n) is 17.1. The topological polar surface area (TPSA) is 123 Å². The molecule has 0 atom stereocenters. The van der Waals surface area contributed by atoms with Crippen molar-refractivity contribution in [1.29, 1.82) is 0 Å². The first-order valence-electron chi connectivity index (χ1n) is 9.43. The van der Waals surface area contributed by atoms with Gasteiger partial charge in [-0.3, -0.25) is 4.72 Å². The average molecular weight is 459 g/mol. The standard InChI is InChI=1S/C21H19F2N5O3S/c1-11-6-18(14(22)7-17(11)31-2)32(29,30)28-15-5-3-4-12(20(15)23)13-9-25-21-19(13)16(8-24)26-10-27-21/h3-7,9-10,28H,8,24H2,1-2H3,(H,25,26,27). The summed E-state index contributed by atoms with van der Waals surface area (Å²) in [6, 6.07) is 6.32. The molecule has 11 heteroatoms. The van der Waals surface area contributed by atoms with Crippen molar-refractivity contribution in [1.82, 2.24) is 15.0 Å². The van der Waals surface area contributed by atoms with Crippen LogP contribution in [0.5, 0.6) is 5.75 Å². The lowest BCUT2D eigenvalue weighted by Gasteiger charge is -2.13. The van der Waals surface area contributed by atoms with E-state index in [0.717, 1.165) is 12.1 Å². The van der Waals surface area contributed by atoms with Gasteiger partial charge in [-0.05, 0) is 24.6 Å². The number of H-pyrrole nitrogens is 1. The molecule has 0 aliphatic rings. The van der Waals surface area contributed by atoms with Crippen LogP contribution in [0, 0.1) is 18.6 Å². The maximum Gasteiger partial charge on any atom is 0.264 e. The van der Waals surface area contributed by atoms with E-state index >= 15 is 4.39 Å². The highest BCUT2D eigenvalue weighted by molar-refractivity contribution is 7.92. The quantitative estimate of drug-likeness (QED) is 0.406. The van der Waals surface area contributed by atoms with Gasteiger partial charge in [0, 0.05) is 35.3 Å². The first kappa shape index (κ1) is 21.7. The van der Waals surface area contributed by atoms with Crippen molar-refractivity contribution >= 4 is 26.7 Å². The minimum atomic E-state index is -4.43. The van der Waals surface area contributed by atoms with E-state index in [9.17, 15) is 12.8 Å². The predicted molar refractivity (Wildman–Crippen MR) is 116 cm³/mol. The van der Waals surface area contributed by atoms with E-state index < -0.39 is 26.6 Å². The van der Waals surface area contributed by atoms with Crippen molar-refractivity contribution in [3.63, 3.8) is 0 Å². The number of ether oxygens (including phenoxy) is 1. The Morgan fingerprint density at radius 1 is 1.19 bits per heavy atom. The van der Waals surface area contributed by atoms with Gasteiger partial charge in [-0.1, -0.05) is 12.1 Å². The van der Waals surface area contributed by atoms with Crippen LogP contribution in [0.4, 0.5) is 14.5 Å². The van der Waals surface area contributed by atoms with Crippen molar-refractivity contribution in [2.24, 2.45) is 5.73 Å². The molecule has 32 heavy (non-hydrogen) atoms. The van der Waals surface area contributed by atoms with Gasteiger partial charge < -0.3 is 15.5 Å². The van der Waals surface area contributed by atoms with Gasteiger partial charge in [-0.2, -0.15) is 0 Å². The normalized spacial score (nSPS) is 11.7. The smallest absolute Gasteiger partial charge is 0.264 e. The molecule has 0 amide bonds. The molecule has 4 rings (SSSR count). The largest absolute Gasteiger partial charge is 0.496 e. The molecule has 0 fully saturated rings. The highest BCUT2D eigenvalue weighted by atomic mass is 32.2. The number of anilines is 1. The van der Waals surface area contributed by atoms with Gasteiger partial charge in [0.25, 0.3) is 10.0 Å². The van der Waals surface area contributed by atoms with E-state index in [1.807, 2.05) is 0 Å². The number of nitrogens with two attached hydrogens (primary N) is 1. The van der Waals surface area contributed by atoms with Gasteiger partial charge in [0.05, 0.1) is 18.5 Å². The summed E-state index contributed by atoms with van der Waals surface area (Å²) >= 11 is 0. The van der Waals surface area contributed by atoms with Crippen LogP contribution < -0.4 is 15.2 Å². The minimum Gasteiger partial charge on any atom is -0.496 e. The van der Waals surface area contributed by atoms with Gasteiger partial charge >= 0.3 is 0 Å². The van der Waals surface area contributed by atoms with Gasteiger partial charge in [0.15, 0.2) is 5.82 Å². The molecule has 0 bridgehead atoms. The number of aromatic amines is 1. The minimum absolute atomic E-state index is 0.104. The van der Waals surface area contributed by atoms with Gasteiger partial charge in [-0.25, -0.2) is 27.2 Å². The maximum absolute atomic E-state index is 15.4. The number of hydrogen-bond acceptors (Lipinski definition) is 6. The Morgan fingerprint density at radius 2 is 1.97 bits per heavy atom.